The van der Waals surface area contributed by atoms with E-state index in [4.69, 9.17) is 23.2 Å². The Labute approximate surface area is 128 Å². The molecule has 2 rings (SSSR count). The Morgan fingerprint density at radius 3 is 2.50 bits per heavy atom. The van der Waals surface area contributed by atoms with Crippen LogP contribution in [-0.2, 0) is 0 Å². The zero-order valence-electron chi connectivity index (χ0n) is 11.3. The van der Waals surface area contributed by atoms with Crippen molar-refractivity contribution in [1.29, 1.82) is 0 Å². The second-order valence-electron chi connectivity index (χ2n) is 4.76. The van der Waals surface area contributed by atoms with E-state index in [1.54, 1.807) is 30.5 Å². The molecule has 0 atom stereocenters. The molecule has 0 unspecified atom stereocenters. The van der Waals surface area contributed by atoms with Gasteiger partial charge in [-0.1, -0.05) is 43.1 Å². The fraction of sp³-hybridized carbons (Fsp3) is 0.286. The largest absolute Gasteiger partial charge is 0.354 e. The molecule has 0 saturated heterocycles. The fourth-order valence-electron chi connectivity index (χ4n) is 1.55. The number of benzene rings is 1. The van der Waals surface area contributed by atoms with Crippen LogP contribution in [0.4, 0.5) is 17.5 Å². The molecule has 1 heterocycles. The van der Waals surface area contributed by atoms with Gasteiger partial charge in [-0.15, -0.1) is 0 Å². The van der Waals surface area contributed by atoms with Gasteiger partial charge in [0, 0.05) is 12.7 Å². The van der Waals surface area contributed by atoms with Crippen molar-refractivity contribution < 1.29 is 0 Å². The molecule has 0 amide bonds. The quantitative estimate of drug-likeness (QED) is 0.847. The van der Waals surface area contributed by atoms with Crippen LogP contribution in [0.3, 0.4) is 0 Å². The minimum absolute atomic E-state index is 0.522. The maximum atomic E-state index is 6.12. The number of nitrogens with zero attached hydrogens (tertiary/aromatic N) is 2. The lowest BCUT2D eigenvalue weighted by Crippen LogP contribution is -2.11. The standard InChI is InChI=1S/C14H16Cl2N4/c1-9(2)8-18-14-17-7-6-12(20-14)19-13-10(15)4-3-5-11(13)16/h3-7,9H,8H2,1-2H3,(H2,17,18,19,20). The average Bonchev–Trinajstić information content (AvgIpc) is 2.41. The second-order valence-corrected chi connectivity index (χ2v) is 5.58. The van der Waals surface area contributed by atoms with Gasteiger partial charge in [0.15, 0.2) is 0 Å². The number of aromatic nitrogens is 2. The molecule has 0 aliphatic rings. The van der Waals surface area contributed by atoms with E-state index < -0.39 is 0 Å². The van der Waals surface area contributed by atoms with Crippen LogP contribution in [-0.4, -0.2) is 16.5 Å². The highest BCUT2D eigenvalue weighted by molar-refractivity contribution is 6.39. The zero-order valence-corrected chi connectivity index (χ0v) is 12.8. The van der Waals surface area contributed by atoms with E-state index in [1.807, 2.05) is 0 Å². The summed E-state index contributed by atoms with van der Waals surface area (Å²) in [4.78, 5) is 8.54. The zero-order chi connectivity index (χ0) is 14.5. The van der Waals surface area contributed by atoms with Gasteiger partial charge in [0.2, 0.25) is 5.95 Å². The molecule has 0 aliphatic heterocycles. The van der Waals surface area contributed by atoms with Crippen molar-refractivity contribution in [2.24, 2.45) is 5.92 Å². The minimum Gasteiger partial charge on any atom is -0.354 e. The first-order valence-corrected chi connectivity index (χ1v) is 7.10. The van der Waals surface area contributed by atoms with Gasteiger partial charge < -0.3 is 10.6 Å². The predicted molar refractivity (Wildman–Crippen MR) is 85.1 cm³/mol. The van der Waals surface area contributed by atoms with Crippen molar-refractivity contribution in [3.05, 3.63) is 40.5 Å². The van der Waals surface area contributed by atoms with Gasteiger partial charge in [-0.05, 0) is 24.1 Å². The molecule has 1 aromatic heterocycles. The number of hydrogen-bond acceptors (Lipinski definition) is 4. The van der Waals surface area contributed by atoms with Gasteiger partial charge in [0.05, 0.1) is 15.7 Å². The molecule has 106 valence electrons. The van der Waals surface area contributed by atoms with Crippen LogP contribution in [0.1, 0.15) is 13.8 Å². The molecule has 2 N–H and O–H groups in total. The normalized spacial score (nSPS) is 10.7. The summed E-state index contributed by atoms with van der Waals surface area (Å²) >= 11 is 12.2. The molecule has 0 spiro atoms. The van der Waals surface area contributed by atoms with Gasteiger partial charge in [-0.3, -0.25) is 0 Å². The smallest absolute Gasteiger partial charge is 0.224 e. The Kier molecular flexibility index (Phi) is 5.04. The topological polar surface area (TPSA) is 49.8 Å². The average molecular weight is 311 g/mol. The monoisotopic (exact) mass is 310 g/mol. The highest BCUT2D eigenvalue weighted by atomic mass is 35.5. The number of para-hydroxylation sites is 1. The Hall–Kier alpha value is -1.52. The maximum absolute atomic E-state index is 6.12. The summed E-state index contributed by atoms with van der Waals surface area (Å²) in [6.07, 6.45) is 1.68. The van der Waals surface area contributed by atoms with E-state index in [0.29, 0.717) is 33.4 Å². The van der Waals surface area contributed by atoms with E-state index in [2.05, 4.69) is 34.4 Å². The van der Waals surface area contributed by atoms with E-state index in [0.717, 1.165) is 6.54 Å². The molecular formula is C14H16Cl2N4. The van der Waals surface area contributed by atoms with E-state index in [-0.39, 0.29) is 0 Å². The first-order valence-electron chi connectivity index (χ1n) is 6.34. The summed E-state index contributed by atoms with van der Waals surface area (Å²) in [6, 6.07) is 7.11. The Morgan fingerprint density at radius 2 is 1.85 bits per heavy atom. The lowest BCUT2D eigenvalue weighted by molar-refractivity contribution is 0.684. The van der Waals surface area contributed by atoms with Crippen LogP contribution in [0.2, 0.25) is 10.0 Å². The van der Waals surface area contributed by atoms with Crippen LogP contribution in [0.5, 0.6) is 0 Å². The summed E-state index contributed by atoms with van der Waals surface area (Å²) in [5.74, 6) is 1.74. The van der Waals surface area contributed by atoms with Crippen molar-refractivity contribution in [3.8, 4) is 0 Å². The Morgan fingerprint density at radius 1 is 1.15 bits per heavy atom. The number of halogens is 2. The minimum atomic E-state index is 0.522. The second kappa shape index (κ2) is 6.77. The molecule has 0 aliphatic carbocycles. The number of hydrogen-bond donors (Lipinski definition) is 2. The molecule has 4 nitrogen and oxygen atoms in total. The van der Waals surface area contributed by atoms with E-state index >= 15 is 0 Å². The van der Waals surface area contributed by atoms with Crippen molar-refractivity contribution in [2.75, 3.05) is 17.2 Å². The third-order valence-electron chi connectivity index (χ3n) is 2.54. The van der Waals surface area contributed by atoms with Crippen molar-refractivity contribution in [3.63, 3.8) is 0 Å². The summed E-state index contributed by atoms with van der Waals surface area (Å²) in [5.41, 5.74) is 0.643. The lowest BCUT2D eigenvalue weighted by atomic mass is 10.2. The van der Waals surface area contributed by atoms with Crippen molar-refractivity contribution in [1.82, 2.24) is 9.97 Å². The lowest BCUT2D eigenvalue weighted by Gasteiger charge is -2.11. The first-order chi connectivity index (χ1) is 9.56. The van der Waals surface area contributed by atoms with Gasteiger partial charge in [-0.2, -0.15) is 4.98 Å². The van der Waals surface area contributed by atoms with Gasteiger partial charge in [0.25, 0.3) is 0 Å². The van der Waals surface area contributed by atoms with Crippen LogP contribution in [0, 0.1) is 5.92 Å². The molecule has 1 aromatic carbocycles. The summed E-state index contributed by atoms with van der Waals surface area (Å²) < 4.78 is 0. The SMILES string of the molecule is CC(C)CNc1nccc(Nc2c(Cl)cccc2Cl)n1. The number of anilines is 3. The fourth-order valence-corrected chi connectivity index (χ4v) is 2.05. The molecule has 20 heavy (non-hydrogen) atoms. The van der Waals surface area contributed by atoms with Crippen molar-refractivity contribution >= 4 is 40.7 Å². The third kappa shape index (κ3) is 3.99. The van der Waals surface area contributed by atoms with E-state index in [1.165, 1.54) is 0 Å². The summed E-state index contributed by atoms with van der Waals surface area (Å²) in [7, 11) is 0. The molecular weight excluding hydrogens is 295 g/mol. The molecule has 2 aromatic rings. The molecule has 0 radical (unpaired) electrons. The van der Waals surface area contributed by atoms with Crippen LogP contribution in [0.15, 0.2) is 30.5 Å². The third-order valence-corrected chi connectivity index (χ3v) is 3.17. The summed E-state index contributed by atoms with van der Waals surface area (Å²) in [5, 5.41) is 7.38. The maximum Gasteiger partial charge on any atom is 0.224 e. The first kappa shape index (κ1) is 14.9. The highest BCUT2D eigenvalue weighted by Crippen LogP contribution is 2.31. The predicted octanol–water partition coefficient (Wildman–Crippen LogP) is 4.59. The Bertz CT molecular complexity index is 567. The molecule has 0 saturated carbocycles. The van der Waals surface area contributed by atoms with Gasteiger partial charge >= 0.3 is 0 Å². The Balaban J connectivity index is 2.15. The van der Waals surface area contributed by atoms with Crippen LogP contribution < -0.4 is 10.6 Å². The van der Waals surface area contributed by atoms with Gasteiger partial charge in [-0.25, -0.2) is 4.98 Å². The van der Waals surface area contributed by atoms with E-state index in [9.17, 15) is 0 Å². The van der Waals surface area contributed by atoms with Crippen LogP contribution >= 0.6 is 23.2 Å². The van der Waals surface area contributed by atoms with Crippen LogP contribution in [0.25, 0.3) is 0 Å². The van der Waals surface area contributed by atoms with Crippen molar-refractivity contribution in [2.45, 2.75) is 13.8 Å². The number of rotatable bonds is 5. The highest BCUT2D eigenvalue weighted by Gasteiger charge is 2.07. The molecule has 0 bridgehead atoms. The van der Waals surface area contributed by atoms with Gasteiger partial charge in [0.1, 0.15) is 5.82 Å². The molecule has 6 heteroatoms. The molecule has 0 fully saturated rings. The summed E-state index contributed by atoms with van der Waals surface area (Å²) in [6.45, 7) is 5.06. The number of nitrogens with one attached hydrogen (secondary N) is 2.